The van der Waals surface area contributed by atoms with Crippen molar-refractivity contribution in [3.05, 3.63) is 0 Å². The smallest absolute Gasteiger partial charge is 0.220 e. The van der Waals surface area contributed by atoms with Crippen molar-refractivity contribution in [3.8, 4) is 0 Å². The molecule has 0 bridgehead atoms. The molecule has 4 nitrogen and oxygen atoms in total. The molecule has 1 rings (SSSR count). The first-order valence-corrected chi connectivity index (χ1v) is 7.02. The zero-order chi connectivity index (χ0) is 13.7. The van der Waals surface area contributed by atoms with Crippen molar-refractivity contribution in [3.63, 3.8) is 0 Å². The van der Waals surface area contributed by atoms with E-state index in [0.29, 0.717) is 12.1 Å². The predicted octanol–water partition coefficient (Wildman–Crippen LogP) is 2.26. The molecule has 0 aromatic rings. The number of hydrogen-bond donors (Lipinski definition) is 0. The van der Waals surface area contributed by atoms with Crippen LogP contribution in [0.3, 0.4) is 0 Å². The summed E-state index contributed by atoms with van der Waals surface area (Å²) in [5.74, 6) is 0.911. The molecule has 0 aromatic carbocycles. The summed E-state index contributed by atoms with van der Waals surface area (Å²) in [5.41, 5.74) is 1.07. The molecule has 1 atom stereocenters. The van der Waals surface area contributed by atoms with Gasteiger partial charge in [0, 0.05) is 44.0 Å². The summed E-state index contributed by atoms with van der Waals surface area (Å²) < 4.78 is 0. The van der Waals surface area contributed by atoms with E-state index in [9.17, 15) is 0 Å². The van der Waals surface area contributed by atoms with Crippen LogP contribution in [0.25, 0.3) is 0 Å². The first kappa shape index (κ1) is 15.2. The molecule has 1 fully saturated rings. The standard InChI is InChI=1S/C14H28N4/c1-7-15-14(16-11(2)3)18-9-8-17(12(4)5)10-13(18)6/h12-13H,7-10H2,1-6H3/t13-/m0/s1. The lowest BCUT2D eigenvalue weighted by molar-refractivity contribution is 0.108. The summed E-state index contributed by atoms with van der Waals surface area (Å²) in [7, 11) is 0. The third-order valence-electron chi connectivity index (χ3n) is 3.27. The van der Waals surface area contributed by atoms with Gasteiger partial charge in [-0.25, -0.2) is 4.99 Å². The van der Waals surface area contributed by atoms with Crippen LogP contribution in [0.15, 0.2) is 9.98 Å². The molecule has 104 valence electrons. The van der Waals surface area contributed by atoms with Crippen molar-refractivity contribution in [2.24, 2.45) is 9.98 Å². The summed E-state index contributed by atoms with van der Waals surface area (Å²) in [6, 6.07) is 1.10. The Labute approximate surface area is 112 Å². The average Bonchev–Trinajstić information content (AvgIpc) is 2.27. The van der Waals surface area contributed by atoms with Crippen LogP contribution in [0.5, 0.6) is 0 Å². The molecule has 1 saturated heterocycles. The van der Waals surface area contributed by atoms with Crippen molar-refractivity contribution in [1.82, 2.24) is 9.80 Å². The van der Waals surface area contributed by atoms with E-state index in [4.69, 9.17) is 0 Å². The molecule has 1 heterocycles. The van der Waals surface area contributed by atoms with Crippen molar-refractivity contribution >= 4 is 11.7 Å². The number of nitrogens with zero attached hydrogens (tertiary/aromatic N) is 4. The molecule has 0 aliphatic carbocycles. The van der Waals surface area contributed by atoms with Crippen LogP contribution < -0.4 is 0 Å². The summed E-state index contributed by atoms with van der Waals surface area (Å²) in [5, 5.41) is 0. The fourth-order valence-corrected chi connectivity index (χ4v) is 2.28. The molecule has 0 N–H and O–H groups in total. The topological polar surface area (TPSA) is 31.2 Å². The van der Waals surface area contributed by atoms with E-state index < -0.39 is 0 Å². The second-order valence-corrected chi connectivity index (χ2v) is 5.46. The largest absolute Gasteiger partial charge is 0.336 e. The second-order valence-electron chi connectivity index (χ2n) is 5.46. The molecular weight excluding hydrogens is 224 g/mol. The van der Waals surface area contributed by atoms with E-state index in [1.165, 1.54) is 0 Å². The molecule has 0 amide bonds. The Kier molecular flexibility index (Phi) is 5.79. The molecule has 0 saturated carbocycles. The molecule has 1 aliphatic heterocycles. The summed E-state index contributed by atoms with van der Waals surface area (Å²) in [6.45, 7) is 16.9. The number of guanidine groups is 1. The monoisotopic (exact) mass is 252 g/mol. The van der Waals surface area contributed by atoms with Gasteiger partial charge in [-0.15, -0.1) is 0 Å². The fourth-order valence-electron chi connectivity index (χ4n) is 2.28. The second kappa shape index (κ2) is 6.88. The van der Waals surface area contributed by atoms with E-state index >= 15 is 0 Å². The number of rotatable bonds is 2. The third kappa shape index (κ3) is 4.09. The maximum absolute atomic E-state index is 4.58. The van der Waals surface area contributed by atoms with E-state index in [0.717, 1.165) is 37.9 Å². The molecule has 1 aliphatic rings. The summed E-state index contributed by atoms with van der Waals surface area (Å²) in [6.07, 6.45) is 0. The molecule has 0 aromatic heterocycles. The molecule has 0 unspecified atom stereocenters. The van der Waals surface area contributed by atoms with Crippen molar-refractivity contribution in [2.45, 2.75) is 53.6 Å². The van der Waals surface area contributed by atoms with Gasteiger partial charge in [-0.1, -0.05) is 0 Å². The van der Waals surface area contributed by atoms with E-state index in [1.54, 1.807) is 0 Å². The van der Waals surface area contributed by atoms with E-state index in [2.05, 4.69) is 47.5 Å². The Morgan fingerprint density at radius 1 is 1.28 bits per heavy atom. The minimum atomic E-state index is 0.481. The highest BCUT2D eigenvalue weighted by Crippen LogP contribution is 2.13. The van der Waals surface area contributed by atoms with Crippen molar-refractivity contribution in [1.29, 1.82) is 0 Å². The zero-order valence-corrected chi connectivity index (χ0v) is 12.8. The first-order chi connectivity index (χ1) is 8.45. The van der Waals surface area contributed by atoms with Gasteiger partial charge in [-0.2, -0.15) is 0 Å². The van der Waals surface area contributed by atoms with Gasteiger partial charge in [-0.3, -0.25) is 9.89 Å². The van der Waals surface area contributed by atoms with Gasteiger partial charge in [0.05, 0.1) is 0 Å². The van der Waals surface area contributed by atoms with Crippen LogP contribution >= 0.6 is 0 Å². The molecular formula is C14H28N4. The van der Waals surface area contributed by atoms with Crippen LogP contribution in [0, 0.1) is 0 Å². The van der Waals surface area contributed by atoms with Crippen LogP contribution in [-0.4, -0.2) is 59.7 Å². The van der Waals surface area contributed by atoms with Gasteiger partial charge in [-0.05, 0) is 41.5 Å². The molecule has 18 heavy (non-hydrogen) atoms. The lowest BCUT2D eigenvalue weighted by Crippen LogP contribution is -2.55. The number of piperazine rings is 1. The van der Waals surface area contributed by atoms with Crippen LogP contribution in [0.4, 0.5) is 0 Å². The molecule has 0 spiro atoms. The maximum atomic E-state index is 4.58. The minimum absolute atomic E-state index is 0.481. The Morgan fingerprint density at radius 3 is 2.39 bits per heavy atom. The van der Waals surface area contributed by atoms with Crippen molar-refractivity contribution in [2.75, 3.05) is 26.2 Å². The quantitative estimate of drug-likeness (QED) is 0.557. The van der Waals surface area contributed by atoms with Gasteiger partial charge in [0.15, 0.2) is 0 Å². The Morgan fingerprint density at radius 2 is 1.94 bits per heavy atom. The highest BCUT2D eigenvalue weighted by molar-refractivity contribution is 5.94. The van der Waals surface area contributed by atoms with Gasteiger partial charge in [0.1, 0.15) is 0 Å². The van der Waals surface area contributed by atoms with Gasteiger partial charge >= 0.3 is 0 Å². The maximum Gasteiger partial charge on any atom is 0.220 e. The van der Waals surface area contributed by atoms with E-state index in [1.807, 2.05) is 13.8 Å². The van der Waals surface area contributed by atoms with Gasteiger partial charge in [0.2, 0.25) is 5.96 Å². The normalized spacial score (nSPS) is 22.5. The highest BCUT2D eigenvalue weighted by atomic mass is 15.4. The summed E-state index contributed by atoms with van der Waals surface area (Å²) >= 11 is 0. The Hall–Kier alpha value is -0.900. The lowest BCUT2D eigenvalue weighted by atomic mass is 10.1. The fraction of sp³-hybridized carbons (Fsp3) is 0.857. The van der Waals surface area contributed by atoms with Crippen LogP contribution in [0.2, 0.25) is 0 Å². The lowest BCUT2D eigenvalue weighted by Gasteiger charge is -2.42. The average molecular weight is 252 g/mol. The third-order valence-corrected chi connectivity index (χ3v) is 3.27. The minimum Gasteiger partial charge on any atom is -0.336 e. The number of aliphatic imine (C=N–C) groups is 2. The molecule has 4 heteroatoms. The SMILES string of the molecule is CCN=C(N=C(C)C)N1CCN(C(C)C)C[C@@H]1C. The highest BCUT2D eigenvalue weighted by Gasteiger charge is 2.26. The van der Waals surface area contributed by atoms with Crippen LogP contribution in [-0.2, 0) is 0 Å². The van der Waals surface area contributed by atoms with Gasteiger partial charge < -0.3 is 4.90 Å². The van der Waals surface area contributed by atoms with E-state index in [-0.39, 0.29) is 0 Å². The Bertz CT molecular complexity index is 316. The molecule has 0 radical (unpaired) electrons. The predicted molar refractivity (Wildman–Crippen MR) is 79.6 cm³/mol. The Balaban J connectivity index is 2.77. The van der Waals surface area contributed by atoms with Crippen molar-refractivity contribution < 1.29 is 0 Å². The number of hydrogen-bond acceptors (Lipinski definition) is 2. The zero-order valence-electron chi connectivity index (χ0n) is 12.8. The first-order valence-electron chi connectivity index (χ1n) is 7.02. The summed E-state index contributed by atoms with van der Waals surface area (Å²) in [4.78, 5) is 14.0. The van der Waals surface area contributed by atoms with Gasteiger partial charge in [0.25, 0.3) is 0 Å². The van der Waals surface area contributed by atoms with Crippen LogP contribution in [0.1, 0.15) is 41.5 Å².